The van der Waals surface area contributed by atoms with Gasteiger partial charge in [-0.25, -0.2) is 0 Å². The van der Waals surface area contributed by atoms with E-state index in [1.54, 1.807) is 6.92 Å². The van der Waals surface area contributed by atoms with Crippen molar-refractivity contribution in [2.75, 3.05) is 18.6 Å². The Morgan fingerprint density at radius 3 is 2.67 bits per heavy atom. The third-order valence-electron chi connectivity index (χ3n) is 5.03. The normalized spacial score (nSPS) is 24.2. The number of Topliss-reactive ketones (excluding diaryl/α,β-unsaturated/α-hetero) is 1. The molecule has 1 fully saturated rings. The molecule has 0 saturated carbocycles. The molecule has 1 aromatic rings. The van der Waals surface area contributed by atoms with Crippen molar-refractivity contribution in [3.8, 4) is 0 Å². The minimum atomic E-state index is -0.170. The molecule has 24 heavy (non-hydrogen) atoms. The summed E-state index contributed by atoms with van der Waals surface area (Å²) in [6.45, 7) is 8.60. The highest BCUT2D eigenvalue weighted by Crippen LogP contribution is 2.34. The second-order valence-electron chi connectivity index (χ2n) is 7.12. The van der Waals surface area contributed by atoms with Gasteiger partial charge in [-0.1, -0.05) is 0 Å². The number of aromatic nitrogens is 2. The van der Waals surface area contributed by atoms with Crippen LogP contribution in [0, 0.1) is 11.8 Å². The molecule has 0 aromatic carbocycles. The van der Waals surface area contributed by atoms with Gasteiger partial charge in [-0.15, -0.1) is 0 Å². The SMILES string of the molecule is COC(=O)C1CC(CCC(C)=O)C(C)N(c2cnn(C(C)C)c2)C1. The number of esters is 1. The molecular weight excluding hydrogens is 306 g/mol. The third-order valence-corrected chi connectivity index (χ3v) is 5.03. The second-order valence-corrected chi connectivity index (χ2v) is 7.12. The summed E-state index contributed by atoms with van der Waals surface area (Å²) in [5, 5.41) is 4.42. The van der Waals surface area contributed by atoms with Crippen molar-refractivity contribution in [1.82, 2.24) is 9.78 Å². The number of ketones is 1. The zero-order valence-corrected chi connectivity index (χ0v) is 15.4. The number of nitrogens with zero attached hydrogens (tertiary/aromatic N) is 3. The fourth-order valence-corrected chi connectivity index (χ4v) is 3.48. The third kappa shape index (κ3) is 4.16. The Hall–Kier alpha value is -1.85. The summed E-state index contributed by atoms with van der Waals surface area (Å²) in [5.41, 5.74) is 1.03. The summed E-state index contributed by atoms with van der Waals surface area (Å²) < 4.78 is 6.90. The van der Waals surface area contributed by atoms with Crippen molar-refractivity contribution >= 4 is 17.4 Å². The summed E-state index contributed by atoms with van der Waals surface area (Å²) in [5.74, 6) is 0.150. The first-order valence-corrected chi connectivity index (χ1v) is 8.71. The van der Waals surface area contributed by atoms with E-state index < -0.39 is 0 Å². The lowest BCUT2D eigenvalue weighted by atomic mass is 9.80. The maximum absolute atomic E-state index is 12.1. The van der Waals surface area contributed by atoms with Crippen molar-refractivity contribution in [3.05, 3.63) is 12.4 Å². The van der Waals surface area contributed by atoms with Crippen LogP contribution in [0.4, 0.5) is 5.69 Å². The Kier molecular flexibility index (Phi) is 6.02. The van der Waals surface area contributed by atoms with E-state index in [1.165, 1.54) is 7.11 Å². The van der Waals surface area contributed by atoms with Crippen molar-refractivity contribution in [1.29, 1.82) is 0 Å². The predicted octanol–water partition coefficient (Wildman–Crippen LogP) is 2.84. The first-order chi connectivity index (χ1) is 11.3. The molecule has 1 aliphatic rings. The average Bonchev–Trinajstić information content (AvgIpc) is 3.03. The zero-order valence-electron chi connectivity index (χ0n) is 15.4. The fourth-order valence-electron chi connectivity index (χ4n) is 3.48. The van der Waals surface area contributed by atoms with Crippen LogP contribution < -0.4 is 4.90 Å². The van der Waals surface area contributed by atoms with E-state index in [1.807, 2.05) is 17.1 Å². The van der Waals surface area contributed by atoms with Gasteiger partial charge in [-0.3, -0.25) is 9.48 Å². The Balaban J connectivity index is 2.22. The van der Waals surface area contributed by atoms with E-state index in [9.17, 15) is 9.59 Å². The van der Waals surface area contributed by atoms with Gasteiger partial charge in [0.1, 0.15) is 5.78 Å². The number of carbonyl (C=O) groups is 2. The van der Waals surface area contributed by atoms with E-state index in [0.717, 1.165) is 18.5 Å². The molecule has 0 spiro atoms. The topological polar surface area (TPSA) is 64.4 Å². The first-order valence-electron chi connectivity index (χ1n) is 8.71. The molecule has 2 heterocycles. The molecule has 1 aromatic heterocycles. The predicted molar refractivity (Wildman–Crippen MR) is 92.9 cm³/mol. The van der Waals surface area contributed by atoms with E-state index >= 15 is 0 Å². The van der Waals surface area contributed by atoms with Gasteiger partial charge < -0.3 is 14.4 Å². The maximum atomic E-state index is 12.1. The summed E-state index contributed by atoms with van der Waals surface area (Å²) >= 11 is 0. The number of piperidine rings is 1. The summed E-state index contributed by atoms with van der Waals surface area (Å²) in [7, 11) is 1.44. The number of hydrogen-bond acceptors (Lipinski definition) is 5. The number of rotatable bonds is 6. The molecule has 0 bridgehead atoms. The van der Waals surface area contributed by atoms with Crippen LogP contribution >= 0.6 is 0 Å². The van der Waals surface area contributed by atoms with E-state index in [2.05, 4.69) is 30.8 Å². The minimum absolute atomic E-state index is 0.162. The van der Waals surface area contributed by atoms with Gasteiger partial charge in [-0.2, -0.15) is 5.10 Å². The monoisotopic (exact) mass is 335 g/mol. The van der Waals surface area contributed by atoms with Crippen LogP contribution in [0.2, 0.25) is 0 Å². The molecule has 3 atom stereocenters. The van der Waals surface area contributed by atoms with Gasteiger partial charge in [0.2, 0.25) is 0 Å². The lowest BCUT2D eigenvalue weighted by molar-refractivity contribution is -0.146. The lowest BCUT2D eigenvalue weighted by Crippen LogP contribution is -2.49. The first kappa shape index (κ1) is 18.5. The largest absolute Gasteiger partial charge is 0.469 e. The maximum Gasteiger partial charge on any atom is 0.310 e. The summed E-state index contributed by atoms with van der Waals surface area (Å²) in [6, 6.07) is 0.554. The van der Waals surface area contributed by atoms with Crippen LogP contribution in [-0.4, -0.2) is 41.2 Å². The zero-order chi connectivity index (χ0) is 17.9. The van der Waals surface area contributed by atoms with Crippen molar-refractivity contribution < 1.29 is 14.3 Å². The molecule has 2 rings (SSSR count). The number of anilines is 1. The highest BCUT2D eigenvalue weighted by Gasteiger charge is 2.37. The smallest absolute Gasteiger partial charge is 0.310 e. The minimum Gasteiger partial charge on any atom is -0.469 e. The lowest BCUT2D eigenvalue weighted by Gasteiger charge is -2.43. The number of methoxy groups -OCH3 is 1. The van der Waals surface area contributed by atoms with Crippen LogP contribution in [0.5, 0.6) is 0 Å². The molecular formula is C18H29N3O3. The molecule has 6 nitrogen and oxygen atoms in total. The fraction of sp³-hybridized carbons (Fsp3) is 0.722. The van der Waals surface area contributed by atoms with Crippen molar-refractivity contribution in [2.45, 2.75) is 59.0 Å². The Morgan fingerprint density at radius 2 is 2.12 bits per heavy atom. The average molecular weight is 335 g/mol. The van der Waals surface area contributed by atoms with Crippen molar-refractivity contribution in [2.24, 2.45) is 11.8 Å². The second kappa shape index (κ2) is 7.81. The number of ether oxygens (including phenoxy) is 1. The van der Waals surface area contributed by atoms with Gasteiger partial charge >= 0.3 is 5.97 Å². The van der Waals surface area contributed by atoms with E-state index in [0.29, 0.717) is 19.0 Å². The molecule has 1 saturated heterocycles. The van der Waals surface area contributed by atoms with Gasteiger partial charge in [0.25, 0.3) is 0 Å². The van der Waals surface area contributed by atoms with Crippen LogP contribution in [0.15, 0.2) is 12.4 Å². The molecule has 0 aliphatic carbocycles. The summed E-state index contributed by atoms with van der Waals surface area (Å²) in [6.07, 6.45) is 6.03. The highest BCUT2D eigenvalue weighted by molar-refractivity contribution is 5.75. The highest BCUT2D eigenvalue weighted by atomic mass is 16.5. The van der Waals surface area contributed by atoms with Crippen LogP contribution in [0.25, 0.3) is 0 Å². The molecule has 3 unspecified atom stereocenters. The van der Waals surface area contributed by atoms with Crippen LogP contribution in [0.1, 0.15) is 53.0 Å². The molecule has 0 amide bonds. The quantitative estimate of drug-likeness (QED) is 0.748. The molecule has 0 N–H and O–H groups in total. The van der Waals surface area contributed by atoms with E-state index in [-0.39, 0.29) is 29.6 Å². The van der Waals surface area contributed by atoms with E-state index in [4.69, 9.17) is 4.74 Å². The number of hydrogen-bond donors (Lipinski definition) is 0. The molecule has 134 valence electrons. The molecule has 0 radical (unpaired) electrons. The van der Waals surface area contributed by atoms with Gasteiger partial charge in [0.05, 0.1) is 24.9 Å². The van der Waals surface area contributed by atoms with Gasteiger partial charge in [-0.05, 0) is 46.5 Å². The Bertz CT molecular complexity index is 582. The summed E-state index contributed by atoms with van der Waals surface area (Å²) in [4.78, 5) is 25.7. The molecule has 6 heteroatoms. The Morgan fingerprint density at radius 1 is 1.42 bits per heavy atom. The number of carbonyl (C=O) groups excluding carboxylic acids is 2. The molecule has 1 aliphatic heterocycles. The van der Waals surface area contributed by atoms with Crippen LogP contribution in [0.3, 0.4) is 0 Å². The van der Waals surface area contributed by atoms with Gasteiger partial charge in [0.15, 0.2) is 0 Å². The Labute approximate surface area is 144 Å². The standard InChI is InChI=1S/C18H29N3O3/c1-12(2)21-11-17(9-19-21)20-10-16(18(23)24-5)8-15(14(20)4)7-6-13(3)22/h9,11-12,14-16H,6-8,10H2,1-5H3. The van der Waals surface area contributed by atoms with Crippen molar-refractivity contribution in [3.63, 3.8) is 0 Å². The van der Waals surface area contributed by atoms with Gasteiger partial charge in [0, 0.05) is 31.2 Å². The van der Waals surface area contributed by atoms with Crippen LogP contribution in [-0.2, 0) is 14.3 Å².